The van der Waals surface area contributed by atoms with Gasteiger partial charge in [0.05, 0.1) is 5.25 Å². The summed E-state index contributed by atoms with van der Waals surface area (Å²) in [5, 5.41) is 0.471. The Hall–Kier alpha value is -0.820. The van der Waals surface area contributed by atoms with Crippen molar-refractivity contribution in [1.82, 2.24) is 4.37 Å². The normalized spacial score (nSPS) is 15.9. The van der Waals surface area contributed by atoms with Gasteiger partial charge in [-0.25, -0.2) is 8.42 Å². The molecule has 18 heavy (non-hydrogen) atoms. The maximum atomic E-state index is 12.4. The minimum Gasteiger partial charge on any atom is -0.382 e. The third kappa shape index (κ3) is 2.33. The van der Waals surface area contributed by atoms with Crippen molar-refractivity contribution in [3.05, 3.63) is 0 Å². The quantitative estimate of drug-likeness (QED) is 0.865. The SMILES string of the molecule is CCCN(CC)c1snc(N)c1S(=O)(=O)C1CC1. The van der Waals surface area contributed by atoms with Crippen LogP contribution in [0.5, 0.6) is 0 Å². The molecule has 0 saturated heterocycles. The summed E-state index contributed by atoms with van der Waals surface area (Å²) >= 11 is 1.19. The lowest BCUT2D eigenvalue weighted by atomic mass is 10.4. The molecule has 1 fully saturated rings. The van der Waals surface area contributed by atoms with Crippen LogP contribution in [0.2, 0.25) is 0 Å². The van der Waals surface area contributed by atoms with Gasteiger partial charge in [0.15, 0.2) is 15.7 Å². The minimum atomic E-state index is -3.28. The maximum Gasteiger partial charge on any atom is 0.187 e. The largest absolute Gasteiger partial charge is 0.382 e. The maximum absolute atomic E-state index is 12.4. The van der Waals surface area contributed by atoms with Crippen LogP contribution in [-0.4, -0.2) is 31.1 Å². The fourth-order valence-electron chi connectivity index (χ4n) is 1.97. The van der Waals surface area contributed by atoms with Crippen molar-refractivity contribution in [3.8, 4) is 0 Å². The van der Waals surface area contributed by atoms with E-state index in [1.807, 2.05) is 11.8 Å². The number of hydrogen-bond acceptors (Lipinski definition) is 6. The van der Waals surface area contributed by atoms with Gasteiger partial charge in [0.25, 0.3) is 0 Å². The van der Waals surface area contributed by atoms with Gasteiger partial charge in [-0.3, -0.25) is 0 Å². The van der Waals surface area contributed by atoms with Gasteiger partial charge >= 0.3 is 0 Å². The Morgan fingerprint density at radius 1 is 1.44 bits per heavy atom. The zero-order chi connectivity index (χ0) is 13.3. The second-order valence-electron chi connectivity index (χ2n) is 4.53. The molecule has 0 aliphatic heterocycles. The van der Waals surface area contributed by atoms with Crippen LogP contribution in [0.15, 0.2) is 4.90 Å². The zero-order valence-electron chi connectivity index (χ0n) is 10.7. The van der Waals surface area contributed by atoms with Crippen LogP contribution >= 0.6 is 11.5 Å². The molecule has 1 aromatic rings. The molecule has 1 aliphatic rings. The van der Waals surface area contributed by atoms with E-state index in [0.29, 0.717) is 5.00 Å². The van der Waals surface area contributed by atoms with Gasteiger partial charge in [-0.15, -0.1) is 0 Å². The molecule has 1 heterocycles. The third-order valence-electron chi connectivity index (χ3n) is 3.07. The fourth-order valence-corrected chi connectivity index (χ4v) is 5.09. The van der Waals surface area contributed by atoms with E-state index in [4.69, 9.17) is 5.73 Å². The predicted octanol–water partition coefficient (Wildman–Crippen LogP) is 1.90. The highest BCUT2D eigenvalue weighted by atomic mass is 32.2. The topological polar surface area (TPSA) is 76.3 Å². The summed E-state index contributed by atoms with van der Waals surface area (Å²) in [5.41, 5.74) is 5.78. The molecule has 0 amide bonds. The van der Waals surface area contributed by atoms with Gasteiger partial charge < -0.3 is 10.6 Å². The standard InChI is InChI=1S/C11H19N3O2S2/c1-3-7-14(4-2)11-9(10(12)13-17-11)18(15,16)8-5-6-8/h8H,3-7H2,1-2H3,(H2,12,13). The minimum absolute atomic E-state index is 0.163. The van der Waals surface area contributed by atoms with Gasteiger partial charge in [-0.1, -0.05) is 6.92 Å². The summed E-state index contributed by atoms with van der Waals surface area (Å²) in [5.74, 6) is 0.163. The van der Waals surface area contributed by atoms with E-state index in [-0.39, 0.29) is 16.0 Å². The van der Waals surface area contributed by atoms with E-state index in [1.165, 1.54) is 11.5 Å². The van der Waals surface area contributed by atoms with E-state index in [1.54, 1.807) is 0 Å². The zero-order valence-corrected chi connectivity index (χ0v) is 12.4. The van der Waals surface area contributed by atoms with Crippen LogP contribution in [0.1, 0.15) is 33.1 Å². The highest BCUT2D eigenvalue weighted by Crippen LogP contribution is 2.42. The smallest absolute Gasteiger partial charge is 0.187 e. The van der Waals surface area contributed by atoms with Crippen molar-refractivity contribution in [2.45, 2.75) is 43.3 Å². The van der Waals surface area contributed by atoms with Gasteiger partial charge in [-0.05, 0) is 37.7 Å². The molecule has 5 nitrogen and oxygen atoms in total. The average Bonchev–Trinajstić information content (AvgIpc) is 3.10. The van der Waals surface area contributed by atoms with Gasteiger partial charge in [0, 0.05) is 13.1 Å². The number of aromatic nitrogens is 1. The summed E-state index contributed by atoms with van der Waals surface area (Å²) < 4.78 is 28.8. The summed E-state index contributed by atoms with van der Waals surface area (Å²) in [6.45, 7) is 5.68. The second-order valence-corrected chi connectivity index (χ2v) is 7.44. The Kier molecular flexibility index (Phi) is 3.82. The van der Waals surface area contributed by atoms with Gasteiger partial charge in [0.1, 0.15) is 9.90 Å². The average molecular weight is 289 g/mol. The third-order valence-corrected chi connectivity index (χ3v) is 6.44. The lowest BCUT2D eigenvalue weighted by molar-refractivity contribution is 0.595. The van der Waals surface area contributed by atoms with E-state index in [9.17, 15) is 8.42 Å². The number of rotatable bonds is 6. The van der Waals surface area contributed by atoms with Crippen molar-refractivity contribution < 1.29 is 8.42 Å². The Morgan fingerprint density at radius 2 is 2.11 bits per heavy atom. The van der Waals surface area contributed by atoms with Crippen molar-refractivity contribution in [2.24, 2.45) is 0 Å². The Bertz CT molecular complexity index is 520. The molecule has 102 valence electrons. The fraction of sp³-hybridized carbons (Fsp3) is 0.727. The molecule has 1 aromatic heterocycles. The van der Waals surface area contributed by atoms with Crippen LogP contribution in [0.4, 0.5) is 10.8 Å². The molecular weight excluding hydrogens is 270 g/mol. The molecule has 1 aliphatic carbocycles. The molecule has 1 saturated carbocycles. The van der Waals surface area contributed by atoms with Crippen LogP contribution in [0.3, 0.4) is 0 Å². The Balaban J connectivity index is 2.43. The van der Waals surface area contributed by atoms with E-state index in [2.05, 4.69) is 11.3 Å². The van der Waals surface area contributed by atoms with Crippen molar-refractivity contribution in [1.29, 1.82) is 0 Å². The monoisotopic (exact) mass is 289 g/mol. The number of anilines is 2. The van der Waals surface area contributed by atoms with Crippen molar-refractivity contribution >= 4 is 32.2 Å². The molecule has 0 radical (unpaired) electrons. The van der Waals surface area contributed by atoms with E-state index >= 15 is 0 Å². The highest BCUT2D eigenvalue weighted by Gasteiger charge is 2.41. The van der Waals surface area contributed by atoms with Crippen molar-refractivity contribution in [2.75, 3.05) is 23.7 Å². The second kappa shape index (κ2) is 5.05. The molecule has 2 rings (SSSR count). The summed E-state index contributed by atoms with van der Waals surface area (Å²) in [7, 11) is -3.28. The summed E-state index contributed by atoms with van der Waals surface area (Å²) in [6.07, 6.45) is 2.46. The lowest BCUT2D eigenvalue weighted by Crippen LogP contribution is -2.24. The van der Waals surface area contributed by atoms with Crippen LogP contribution < -0.4 is 10.6 Å². The first-order valence-electron chi connectivity index (χ1n) is 6.26. The number of nitrogens with two attached hydrogens (primary N) is 1. The van der Waals surface area contributed by atoms with E-state index in [0.717, 1.165) is 32.4 Å². The Labute approximate surface area is 112 Å². The van der Waals surface area contributed by atoms with Crippen LogP contribution in [0, 0.1) is 0 Å². The molecule has 7 heteroatoms. The first-order valence-corrected chi connectivity index (χ1v) is 8.58. The molecule has 0 bridgehead atoms. The molecule has 0 spiro atoms. The van der Waals surface area contributed by atoms with Crippen LogP contribution in [-0.2, 0) is 9.84 Å². The first kappa shape index (κ1) is 13.6. The molecule has 0 aromatic carbocycles. The predicted molar refractivity (Wildman–Crippen MR) is 74.9 cm³/mol. The van der Waals surface area contributed by atoms with Gasteiger partial charge in [0.2, 0.25) is 0 Å². The number of nitrogen functional groups attached to an aromatic ring is 1. The highest BCUT2D eigenvalue weighted by molar-refractivity contribution is 7.92. The summed E-state index contributed by atoms with van der Waals surface area (Å²) in [6, 6.07) is 0. The lowest BCUT2D eigenvalue weighted by Gasteiger charge is -2.21. The Morgan fingerprint density at radius 3 is 2.61 bits per heavy atom. The summed E-state index contributed by atoms with van der Waals surface area (Å²) in [4.78, 5) is 2.31. The number of sulfone groups is 1. The molecular formula is C11H19N3O2S2. The van der Waals surface area contributed by atoms with Gasteiger partial charge in [-0.2, -0.15) is 4.37 Å². The van der Waals surface area contributed by atoms with E-state index < -0.39 is 9.84 Å². The number of nitrogens with zero attached hydrogens (tertiary/aromatic N) is 2. The number of hydrogen-bond donors (Lipinski definition) is 1. The molecule has 0 atom stereocenters. The molecule has 0 unspecified atom stereocenters. The van der Waals surface area contributed by atoms with Crippen LogP contribution in [0.25, 0.3) is 0 Å². The first-order chi connectivity index (χ1) is 8.52. The molecule has 2 N–H and O–H groups in total. The van der Waals surface area contributed by atoms with Crippen molar-refractivity contribution in [3.63, 3.8) is 0 Å².